The van der Waals surface area contributed by atoms with Crippen molar-refractivity contribution in [3.05, 3.63) is 35.9 Å². The standard InChI is InChI=1S/C13H13N3O3/c1-8-3-10(16-19-8)7-18-13-5-11-9(6-14-15-11)4-12(13)17-2/h3-6H,7H2,1-2H3,(H,14,15). The maximum atomic E-state index is 5.71. The number of ether oxygens (including phenoxy) is 2. The maximum absolute atomic E-state index is 5.71. The second-order valence-corrected chi connectivity index (χ2v) is 4.18. The van der Waals surface area contributed by atoms with Crippen molar-refractivity contribution >= 4 is 10.9 Å². The van der Waals surface area contributed by atoms with Gasteiger partial charge in [-0.2, -0.15) is 5.10 Å². The van der Waals surface area contributed by atoms with Gasteiger partial charge in [0.2, 0.25) is 0 Å². The second kappa shape index (κ2) is 4.64. The van der Waals surface area contributed by atoms with Crippen molar-refractivity contribution in [3.8, 4) is 11.5 Å². The first-order chi connectivity index (χ1) is 9.26. The molecule has 0 fully saturated rings. The molecule has 0 aliphatic carbocycles. The minimum atomic E-state index is 0.327. The number of methoxy groups -OCH3 is 1. The van der Waals surface area contributed by atoms with Crippen LogP contribution in [-0.2, 0) is 6.61 Å². The summed E-state index contributed by atoms with van der Waals surface area (Å²) in [5, 5.41) is 11.7. The van der Waals surface area contributed by atoms with Crippen LogP contribution < -0.4 is 9.47 Å². The number of aromatic nitrogens is 3. The molecule has 0 spiro atoms. The average molecular weight is 259 g/mol. The van der Waals surface area contributed by atoms with Gasteiger partial charge in [-0.1, -0.05) is 5.16 Å². The van der Waals surface area contributed by atoms with E-state index in [9.17, 15) is 0 Å². The van der Waals surface area contributed by atoms with Gasteiger partial charge < -0.3 is 14.0 Å². The highest BCUT2D eigenvalue weighted by molar-refractivity contribution is 5.82. The predicted octanol–water partition coefficient (Wildman–Crippen LogP) is 2.45. The number of rotatable bonds is 4. The van der Waals surface area contributed by atoms with E-state index in [0.717, 1.165) is 22.4 Å². The number of fused-ring (bicyclic) bond motifs is 1. The molecule has 0 radical (unpaired) electrons. The highest BCUT2D eigenvalue weighted by atomic mass is 16.5. The van der Waals surface area contributed by atoms with E-state index in [-0.39, 0.29) is 0 Å². The highest BCUT2D eigenvalue weighted by Gasteiger charge is 2.09. The normalized spacial score (nSPS) is 10.8. The van der Waals surface area contributed by atoms with Gasteiger partial charge in [0.05, 0.1) is 18.8 Å². The number of H-pyrrole nitrogens is 1. The average Bonchev–Trinajstić information content (AvgIpc) is 3.03. The minimum absolute atomic E-state index is 0.327. The lowest BCUT2D eigenvalue weighted by Crippen LogP contribution is -1.97. The summed E-state index contributed by atoms with van der Waals surface area (Å²) in [6.45, 7) is 2.17. The van der Waals surface area contributed by atoms with Gasteiger partial charge >= 0.3 is 0 Å². The van der Waals surface area contributed by atoms with E-state index in [4.69, 9.17) is 14.0 Å². The Kier molecular flexibility index (Phi) is 2.83. The Morgan fingerprint density at radius 1 is 1.26 bits per heavy atom. The van der Waals surface area contributed by atoms with Gasteiger partial charge in [0.15, 0.2) is 11.5 Å². The van der Waals surface area contributed by atoms with Crippen LogP contribution in [0.2, 0.25) is 0 Å². The zero-order valence-electron chi connectivity index (χ0n) is 10.6. The monoisotopic (exact) mass is 259 g/mol. The van der Waals surface area contributed by atoms with Crippen LogP contribution in [-0.4, -0.2) is 22.5 Å². The molecular weight excluding hydrogens is 246 g/mol. The highest BCUT2D eigenvalue weighted by Crippen LogP contribution is 2.31. The van der Waals surface area contributed by atoms with Gasteiger partial charge in [-0.05, 0) is 13.0 Å². The Morgan fingerprint density at radius 2 is 2.16 bits per heavy atom. The Labute approximate surface area is 109 Å². The van der Waals surface area contributed by atoms with Gasteiger partial charge in [0, 0.05) is 17.5 Å². The van der Waals surface area contributed by atoms with Crippen molar-refractivity contribution in [2.24, 2.45) is 0 Å². The molecule has 6 heteroatoms. The van der Waals surface area contributed by atoms with E-state index >= 15 is 0 Å². The Balaban J connectivity index is 1.86. The third kappa shape index (κ3) is 2.24. The summed E-state index contributed by atoms with van der Waals surface area (Å²) < 4.78 is 16.0. The van der Waals surface area contributed by atoms with Crippen LogP contribution in [0, 0.1) is 6.92 Å². The largest absolute Gasteiger partial charge is 0.493 e. The van der Waals surface area contributed by atoms with E-state index in [0.29, 0.717) is 18.1 Å². The molecule has 1 aromatic carbocycles. The van der Waals surface area contributed by atoms with Crippen molar-refractivity contribution in [3.63, 3.8) is 0 Å². The minimum Gasteiger partial charge on any atom is -0.493 e. The van der Waals surface area contributed by atoms with E-state index in [1.165, 1.54) is 0 Å². The van der Waals surface area contributed by atoms with Gasteiger partial charge in [0.1, 0.15) is 18.1 Å². The fourth-order valence-corrected chi connectivity index (χ4v) is 1.86. The molecule has 0 bridgehead atoms. The van der Waals surface area contributed by atoms with Crippen molar-refractivity contribution in [1.82, 2.24) is 15.4 Å². The molecule has 0 aliphatic rings. The number of aromatic amines is 1. The summed E-state index contributed by atoms with van der Waals surface area (Å²) in [5.41, 5.74) is 1.64. The molecule has 0 amide bonds. The SMILES string of the molecule is COc1cc2cn[nH]c2cc1OCc1cc(C)on1. The quantitative estimate of drug-likeness (QED) is 0.779. The first-order valence-electron chi connectivity index (χ1n) is 5.82. The Bertz CT molecular complexity index is 702. The summed E-state index contributed by atoms with van der Waals surface area (Å²) in [4.78, 5) is 0. The smallest absolute Gasteiger partial charge is 0.163 e. The zero-order chi connectivity index (χ0) is 13.2. The van der Waals surface area contributed by atoms with Crippen LogP contribution in [0.25, 0.3) is 10.9 Å². The molecule has 3 aromatic rings. The van der Waals surface area contributed by atoms with Crippen molar-refractivity contribution < 1.29 is 14.0 Å². The first-order valence-corrected chi connectivity index (χ1v) is 5.82. The Morgan fingerprint density at radius 3 is 2.89 bits per heavy atom. The van der Waals surface area contributed by atoms with Crippen molar-refractivity contribution in [1.29, 1.82) is 0 Å². The first kappa shape index (κ1) is 11.6. The molecule has 19 heavy (non-hydrogen) atoms. The van der Waals surface area contributed by atoms with Crippen LogP contribution in [0.4, 0.5) is 0 Å². The van der Waals surface area contributed by atoms with E-state index < -0.39 is 0 Å². The molecule has 0 atom stereocenters. The summed E-state index contributed by atoms with van der Waals surface area (Å²) in [5.74, 6) is 2.06. The summed E-state index contributed by atoms with van der Waals surface area (Å²) in [7, 11) is 1.61. The number of hydrogen-bond donors (Lipinski definition) is 1. The van der Waals surface area contributed by atoms with Gasteiger partial charge in [0.25, 0.3) is 0 Å². The molecule has 6 nitrogen and oxygen atoms in total. The Hall–Kier alpha value is -2.50. The lowest BCUT2D eigenvalue weighted by Gasteiger charge is -2.09. The van der Waals surface area contributed by atoms with E-state index in [1.807, 2.05) is 25.1 Å². The predicted molar refractivity (Wildman–Crippen MR) is 68.2 cm³/mol. The molecule has 3 rings (SSSR count). The van der Waals surface area contributed by atoms with E-state index in [1.54, 1.807) is 13.3 Å². The number of benzene rings is 1. The van der Waals surface area contributed by atoms with Crippen LogP contribution in [0.15, 0.2) is 28.9 Å². The van der Waals surface area contributed by atoms with Crippen LogP contribution in [0.1, 0.15) is 11.5 Å². The summed E-state index contributed by atoms with van der Waals surface area (Å²) in [6, 6.07) is 5.57. The van der Waals surface area contributed by atoms with Gasteiger partial charge in [-0.3, -0.25) is 5.10 Å². The number of nitrogens with zero attached hydrogens (tertiary/aromatic N) is 2. The third-order valence-corrected chi connectivity index (χ3v) is 2.78. The molecule has 0 saturated carbocycles. The van der Waals surface area contributed by atoms with E-state index in [2.05, 4.69) is 15.4 Å². The number of nitrogens with one attached hydrogen (secondary N) is 1. The second-order valence-electron chi connectivity index (χ2n) is 4.18. The molecule has 2 aromatic heterocycles. The zero-order valence-corrected chi connectivity index (χ0v) is 10.6. The molecule has 98 valence electrons. The lowest BCUT2D eigenvalue weighted by atomic mass is 10.2. The molecule has 0 saturated heterocycles. The fourth-order valence-electron chi connectivity index (χ4n) is 1.86. The summed E-state index contributed by atoms with van der Waals surface area (Å²) in [6.07, 6.45) is 1.74. The molecular formula is C13H13N3O3. The number of aryl methyl sites for hydroxylation is 1. The molecule has 2 heterocycles. The summed E-state index contributed by atoms with van der Waals surface area (Å²) >= 11 is 0. The van der Waals surface area contributed by atoms with Crippen molar-refractivity contribution in [2.45, 2.75) is 13.5 Å². The third-order valence-electron chi connectivity index (χ3n) is 2.78. The van der Waals surface area contributed by atoms with Gasteiger partial charge in [-0.25, -0.2) is 0 Å². The molecule has 1 N–H and O–H groups in total. The van der Waals surface area contributed by atoms with Crippen LogP contribution in [0.3, 0.4) is 0 Å². The molecule has 0 aliphatic heterocycles. The maximum Gasteiger partial charge on any atom is 0.163 e. The van der Waals surface area contributed by atoms with Crippen LogP contribution >= 0.6 is 0 Å². The molecule has 0 unspecified atom stereocenters. The fraction of sp³-hybridized carbons (Fsp3) is 0.231. The van der Waals surface area contributed by atoms with Gasteiger partial charge in [-0.15, -0.1) is 0 Å². The lowest BCUT2D eigenvalue weighted by molar-refractivity contribution is 0.272. The number of hydrogen-bond acceptors (Lipinski definition) is 5. The van der Waals surface area contributed by atoms with Crippen LogP contribution in [0.5, 0.6) is 11.5 Å². The van der Waals surface area contributed by atoms with Crippen molar-refractivity contribution in [2.75, 3.05) is 7.11 Å². The topological polar surface area (TPSA) is 73.2 Å².